The van der Waals surface area contributed by atoms with Gasteiger partial charge >= 0.3 is 0 Å². The summed E-state index contributed by atoms with van der Waals surface area (Å²) in [7, 11) is 1.80. The van der Waals surface area contributed by atoms with E-state index < -0.39 is 0 Å². The van der Waals surface area contributed by atoms with Gasteiger partial charge in [-0.3, -0.25) is 4.99 Å². The Kier molecular flexibility index (Phi) is 5.95. The zero-order valence-corrected chi connectivity index (χ0v) is 14.5. The van der Waals surface area contributed by atoms with Crippen LogP contribution < -0.4 is 10.6 Å². The minimum Gasteiger partial charge on any atom is -0.356 e. The molecule has 0 bridgehead atoms. The van der Waals surface area contributed by atoms with Gasteiger partial charge in [0, 0.05) is 18.5 Å². The van der Waals surface area contributed by atoms with E-state index in [4.69, 9.17) is 0 Å². The smallest absolute Gasteiger partial charge is 0.191 e. The minimum atomic E-state index is 0.765. The standard InChI is InChI=1S/C17H24N4S/c1-12-5-7-15(8-6-12)9-10-19-17(18-4)20-11-16-13(2)21-14(3)22-16/h5-8H,9-11H2,1-4H3,(H2,18,19,20). The maximum atomic E-state index is 4.44. The lowest BCUT2D eigenvalue weighted by Gasteiger charge is -2.11. The molecular weight excluding hydrogens is 292 g/mol. The first kappa shape index (κ1) is 16.5. The molecule has 2 aromatic rings. The van der Waals surface area contributed by atoms with E-state index >= 15 is 0 Å². The number of aromatic nitrogens is 1. The molecule has 0 aliphatic heterocycles. The van der Waals surface area contributed by atoms with Crippen LogP contribution in [0.4, 0.5) is 0 Å². The summed E-state index contributed by atoms with van der Waals surface area (Å²) in [4.78, 5) is 9.97. The summed E-state index contributed by atoms with van der Waals surface area (Å²) in [6.07, 6.45) is 0.986. The fourth-order valence-electron chi connectivity index (χ4n) is 2.20. The third-order valence-electron chi connectivity index (χ3n) is 3.47. The molecule has 0 amide bonds. The lowest BCUT2D eigenvalue weighted by atomic mass is 10.1. The van der Waals surface area contributed by atoms with Crippen molar-refractivity contribution in [3.63, 3.8) is 0 Å². The highest BCUT2D eigenvalue weighted by Gasteiger charge is 2.05. The second kappa shape index (κ2) is 7.94. The van der Waals surface area contributed by atoms with Crippen LogP contribution in [-0.4, -0.2) is 24.5 Å². The van der Waals surface area contributed by atoms with Crippen molar-refractivity contribution >= 4 is 17.3 Å². The third kappa shape index (κ3) is 4.84. The average Bonchev–Trinajstić information content (AvgIpc) is 2.82. The zero-order valence-electron chi connectivity index (χ0n) is 13.7. The lowest BCUT2D eigenvalue weighted by molar-refractivity contribution is 0.796. The molecule has 0 aliphatic rings. The summed E-state index contributed by atoms with van der Waals surface area (Å²) < 4.78 is 0. The van der Waals surface area contributed by atoms with Crippen LogP contribution in [0.25, 0.3) is 0 Å². The predicted molar refractivity (Wildman–Crippen MR) is 94.7 cm³/mol. The molecule has 0 radical (unpaired) electrons. The Hall–Kier alpha value is -1.88. The van der Waals surface area contributed by atoms with Crippen molar-refractivity contribution in [2.24, 2.45) is 4.99 Å². The fraction of sp³-hybridized carbons (Fsp3) is 0.412. The summed E-state index contributed by atoms with van der Waals surface area (Å²) >= 11 is 1.73. The first-order valence-electron chi connectivity index (χ1n) is 7.51. The molecule has 0 atom stereocenters. The van der Waals surface area contributed by atoms with Gasteiger partial charge in [-0.1, -0.05) is 29.8 Å². The fourth-order valence-corrected chi connectivity index (χ4v) is 3.08. The minimum absolute atomic E-state index is 0.765. The Labute approximate surface area is 136 Å². The summed E-state index contributed by atoms with van der Waals surface area (Å²) in [5.41, 5.74) is 3.73. The molecule has 0 unspecified atom stereocenters. The van der Waals surface area contributed by atoms with E-state index in [9.17, 15) is 0 Å². The average molecular weight is 316 g/mol. The molecule has 5 heteroatoms. The van der Waals surface area contributed by atoms with Crippen molar-refractivity contribution < 1.29 is 0 Å². The molecule has 2 N–H and O–H groups in total. The topological polar surface area (TPSA) is 49.3 Å². The van der Waals surface area contributed by atoms with Crippen molar-refractivity contribution in [1.29, 1.82) is 0 Å². The van der Waals surface area contributed by atoms with Crippen molar-refractivity contribution in [2.75, 3.05) is 13.6 Å². The van der Waals surface area contributed by atoms with Gasteiger partial charge in [-0.2, -0.15) is 0 Å². The number of aliphatic imine (C=N–C) groups is 1. The quantitative estimate of drug-likeness (QED) is 0.658. The first-order chi connectivity index (χ1) is 10.6. The van der Waals surface area contributed by atoms with Gasteiger partial charge in [-0.05, 0) is 32.8 Å². The molecule has 22 heavy (non-hydrogen) atoms. The van der Waals surface area contributed by atoms with Gasteiger partial charge in [0.05, 0.1) is 17.2 Å². The van der Waals surface area contributed by atoms with E-state index in [1.54, 1.807) is 18.4 Å². The Bertz CT molecular complexity index is 629. The molecular formula is C17H24N4S. The van der Waals surface area contributed by atoms with Crippen LogP contribution in [0.3, 0.4) is 0 Å². The normalized spacial score (nSPS) is 11.5. The summed E-state index contributed by atoms with van der Waals surface area (Å²) in [6.45, 7) is 7.83. The van der Waals surface area contributed by atoms with E-state index in [0.29, 0.717) is 0 Å². The Morgan fingerprint density at radius 2 is 1.86 bits per heavy atom. The highest BCUT2D eigenvalue weighted by Crippen LogP contribution is 2.16. The molecule has 2 rings (SSSR count). The van der Waals surface area contributed by atoms with Crippen LogP contribution in [0.1, 0.15) is 26.7 Å². The Morgan fingerprint density at radius 1 is 1.14 bits per heavy atom. The van der Waals surface area contributed by atoms with Crippen molar-refractivity contribution in [2.45, 2.75) is 33.7 Å². The maximum Gasteiger partial charge on any atom is 0.191 e. The van der Waals surface area contributed by atoms with Crippen LogP contribution in [-0.2, 0) is 13.0 Å². The second-order valence-electron chi connectivity index (χ2n) is 5.33. The molecule has 1 aromatic heterocycles. The second-order valence-corrected chi connectivity index (χ2v) is 6.62. The molecule has 0 spiro atoms. The van der Waals surface area contributed by atoms with Crippen LogP contribution in [0.5, 0.6) is 0 Å². The summed E-state index contributed by atoms with van der Waals surface area (Å²) in [6, 6.07) is 8.65. The van der Waals surface area contributed by atoms with Crippen molar-refractivity contribution in [3.05, 3.63) is 51.0 Å². The number of guanidine groups is 1. The molecule has 0 aliphatic carbocycles. The molecule has 0 fully saturated rings. The van der Waals surface area contributed by atoms with Crippen LogP contribution >= 0.6 is 11.3 Å². The summed E-state index contributed by atoms with van der Waals surface area (Å²) in [5, 5.41) is 7.80. The zero-order chi connectivity index (χ0) is 15.9. The van der Waals surface area contributed by atoms with Crippen LogP contribution in [0, 0.1) is 20.8 Å². The van der Waals surface area contributed by atoms with E-state index in [2.05, 4.69) is 51.8 Å². The van der Waals surface area contributed by atoms with Gasteiger partial charge in [0.25, 0.3) is 0 Å². The number of nitrogens with zero attached hydrogens (tertiary/aromatic N) is 2. The van der Waals surface area contributed by atoms with Gasteiger partial charge < -0.3 is 10.6 Å². The maximum absolute atomic E-state index is 4.44. The number of thiazole rings is 1. The van der Waals surface area contributed by atoms with E-state index in [-0.39, 0.29) is 0 Å². The first-order valence-corrected chi connectivity index (χ1v) is 8.33. The van der Waals surface area contributed by atoms with E-state index in [1.165, 1.54) is 16.0 Å². The molecule has 118 valence electrons. The largest absolute Gasteiger partial charge is 0.356 e. The Balaban J connectivity index is 1.78. The van der Waals surface area contributed by atoms with Gasteiger partial charge in [-0.15, -0.1) is 11.3 Å². The van der Waals surface area contributed by atoms with Gasteiger partial charge in [0.2, 0.25) is 0 Å². The lowest BCUT2D eigenvalue weighted by Crippen LogP contribution is -2.37. The number of aryl methyl sites for hydroxylation is 3. The predicted octanol–water partition coefficient (Wildman–Crippen LogP) is 2.98. The van der Waals surface area contributed by atoms with Crippen LogP contribution in [0.15, 0.2) is 29.3 Å². The molecule has 0 saturated carbocycles. The molecule has 0 saturated heterocycles. The number of hydrogen-bond acceptors (Lipinski definition) is 3. The van der Waals surface area contributed by atoms with Gasteiger partial charge in [0.15, 0.2) is 5.96 Å². The molecule has 4 nitrogen and oxygen atoms in total. The van der Waals surface area contributed by atoms with E-state index in [1.807, 2.05) is 13.8 Å². The number of rotatable bonds is 5. The van der Waals surface area contributed by atoms with Crippen molar-refractivity contribution in [1.82, 2.24) is 15.6 Å². The molecule has 1 heterocycles. The third-order valence-corrected chi connectivity index (χ3v) is 4.54. The van der Waals surface area contributed by atoms with Gasteiger partial charge in [0.1, 0.15) is 0 Å². The highest BCUT2D eigenvalue weighted by molar-refractivity contribution is 7.11. The van der Waals surface area contributed by atoms with E-state index in [0.717, 1.165) is 36.2 Å². The monoisotopic (exact) mass is 316 g/mol. The number of hydrogen-bond donors (Lipinski definition) is 2. The number of benzene rings is 1. The van der Waals surface area contributed by atoms with Gasteiger partial charge in [-0.25, -0.2) is 4.98 Å². The van der Waals surface area contributed by atoms with Crippen LogP contribution in [0.2, 0.25) is 0 Å². The summed E-state index contributed by atoms with van der Waals surface area (Å²) in [5.74, 6) is 0.831. The number of nitrogens with one attached hydrogen (secondary N) is 2. The Morgan fingerprint density at radius 3 is 2.45 bits per heavy atom. The highest BCUT2D eigenvalue weighted by atomic mass is 32.1. The van der Waals surface area contributed by atoms with Crippen molar-refractivity contribution in [3.8, 4) is 0 Å². The molecule has 1 aromatic carbocycles. The SMILES string of the molecule is CN=C(NCCc1ccc(C)cc1)NCc1sc(C)nc1C.